The molecule has 5 rings (SSSR count). The first-order chi connectivity index (χ1) is 15.0. The van der Waals surface area contributed by atoms with Gasteiger partial charge in [-0.1, -0.05) is 24.3 Å². The summed E-state index contributed by atoms with van der Waals surface area (Å²) in [7, 11) is 0. The quantitative estimate of drug-likeness (QED) is 0.480. The summed E-state index contributed by atoms with van der Waals surface area (Å²) in [5, 5.41) is 6.03. The number of hydrogen-bond acceptors (Lipinski definition) is 3. The average molecular weight is 416 g/mol. The third kappa shape index (κ3) is 3.34. The lowest BCUT2D eigenvalue weighted by Gasteiger charge is -2.30. The molecule has 3 aromatic carbocycles. The van der Waals surface area contributed by atoms with Gasteiger partial charge >= 0.3 is 0 Å². The fourth-order valence-electron chi connectivity index (χ4n) is 3.98. The molecular weight excluding hydrogens is 398 g/mol. The Kier molecular flexibility index (Phi) is 4.51. The van der Waals surface area contributed by atoms with Gasteiger partial charge in [0.2, 0.25) is 5.95 Å². The second-order valence-corrected chi connectivity index (χ2v) is 7.38. The van der Waals surface area contributed by atoms with Crippen LogP contribution in [0.3, 0.4) is 0 Å². The van der Waals surface area contributed by atoms with Crippen LogP contribution >= 0.6 is 0 Å². The zero-order valence-corrected chi connectivity index (χ0v) is 16.6. The Morgan fingerprint density at radius 1 is 1.00 bits per heavy atom. The second kappa shape index (κ2) is 7.36. The molecule has 5 nitrogen and oxygen atoms in total. The molecule has 0 spiro atoms. The van der Waals surface area contributed by atoms with E-state index in [1.54, 1.807) is 19.1 Å². The van der Waals surface area contributed by atoms with Crippen LogP contribution in [0.1, 0.15) is 18.5 Å². The number of fused-ring (bicyclic) bond motifs is 3. The number of imidazole rings is 1. The van der Waals surface area contributed by atoms with E-state index < -0.39 is 11.9 Å². The molecule has 1 aliphatic heterocycles. The Labute approximate surface area is 177 Å². The summed E-state index contributed by atoms with van der Waals surface area (Å²) in [6.07, 6.45) is 0. The second-order valence-electron chi connectivity index (χ2n) is 7.38. The third-order valence-corrected chi connectivity index (χ3v) is 5.34. The highest BCUT2D eigenvalue weighted by Crippen LogP contribution is 2.39. The zero-order chi connectivity index (χ0) is 21.5. The minimum absolute atomic E-state index is 0.366. The van der Waals surface area contributed by atoms with Gasteiger partial charge in [0.25, 0.3) is 5.91 Å². The van der Waals surface area contributed by atoms with Crippen LogP contribution in [0.5, 0.6) is 0 Å². The van der Waals surface area contributed by atoms with Crippen molar-refractivity contribution in [2.24, 2.45) is 0 Å². The molecule has 1 atom stereocenters. The van der Waals surface area contributed by atoms with Gasteiger partial charge in [0, 0.05) is 11.4 Å². The number of halogens is 2. The number of nitrogens with zero attached hydrogens (tertiary/aromatic N) is 2. The van der Waals surface area contributed by atoms with E-state index in [4.69, 9.17) is 0 Å². The number of anilines is 2. The number of hydrogen-bond donors (Lipinski definition) is 2. The number of amides is 1. The van der Waals surface area contributed by atoms with Crippen molar-refractivity contribution in [3.05, 3.63) is 101 Å². The lowest BCUT2D eigenvalue weighted by atomic mass is 9.94. The van der Waals surface area contributed by atoms with Crippen LogP contribution in [0.4, 0.5) is 20.4 Å². The van der Waals surface area contributed by atoms with E-state index >= 15 is 0 Å². The van der Waals surface area contributed by atoms with Crippen molar-refractivity contribution in [2.45, 2.75) is 13.0 Å². The van der Waals surface area contributed by atoms with Crippen molar-refractivity contribution in [3.8, 4) is 0 Å². The third-order valence-electron chi connectivity index (χ3n) is 5.34. The van der Waals surface area contributed by atoms with E-state index in [0.29, 0.717) is 28.5 Å². The van der Waals surface area contributed by atoms with E-state index in [-0.39, 0.29) is 11.7 Å². The summed E-state index contributed by atoms with van der Waals surface area (Å²) in [4.78, 5) is 18.0. The molecule has 1 unspecified atom stereocenters. The van der Waals surface area contributed by atoms with Crippen LogP contribution in [0, 0.1) is 11.6 Å². The number of carbonyl (C=O) groups excluding carboxylic acids is 1. The fraction of sp³-hybridized carbons (Fsp3) is 0.0833. The molecule has 4 aromatic rings. The predicted molar refractivity (Wildman–Crippen MR) is 116 cm³/mol. The maximum atomic E-state index is 14.2. The van der Waals surface area contributed by atoms with Gasteiger partial charge in [0.05, 0.1) is 22.6 Å². The van der Waals surface area contributed by atoms with Crippen LogP contribution in [0.2, 0.25) is 0 Å². The van der Waals surface area contributed by atoms with Crippen LogP contribution in [-0.2, 0) is 4.79 Å². The smallest absolute Gasteiger partial charge is 0.255 e. The molecule has 0 aliphatic carbocycles. The molecule has 31 heavy (non-hydrogen) atoms. The van der Waals surface area contributed by atoms with Crippen molar-refractivity contribution < 1.29 is 13.6 Å². The molecule has 1 amide bonds. The first kappa shape index (κ1) is 19.0. The van der Waals surface area contributed by atoms with Gasteiger partial charge in [-0.3, -0.25) is 9.36 Å². The van der Waals surface area contributed by atoms with Crippen LogP contribution < -0.4 is 10.6 Å². The molecule has 0 saturated heterocycles. The minimum Gasteiger partial charge on any atom is -0.329 e. The van der Waals surface area contributed by atoms with E-state index in [2.05, 4.69) is 15.6 Å². The lowest BCUT2D eigenvalue weighted by molar-refractivity contribution is -0.113. The average Bonchev–Trinajstić information content (AvgIpc) is 3.12. The number of allylic oxidation sites excluding steroid dienone is 1. The molecule has 0 bridgehead atoms. The summed E-state index contributed by atoms with van der Waals surface area (Å²) in [5.41, 5.74) is 3.70. The Morgan fingerprint density at radius 3 is 2.55 bits per heavy atom. The van der Waals surface area contributed by atoms with Crippen molar-refractivity contribution in [2.75, 3.05) is 10.6 Å². The summed E-state index contributed by atoms with van der Waals surface area (Å²) >= 11 is 0. The molecular formula is C24H18F2N4O. The van der Waals surface area contributed by atoms with Gasteiger partial charge in [0.15, 0.2) is 0 Å². The van der Waals surface area contributed by atoms with Gasteiger partial charge in [-0.25, -0.2) is 13.8 Å². The summed E-state index contributed by atoms with van der Waals surface area (Å²) < 4.78 is 29.3. The van der Waals surface area contributed by atoms with Crippen LogP contribution in [0.15, 0.2) is 84.1 Å². The van der Waals surface area contributed by atoms with Crippen molar-refractivity contribution in [1.29, 1.82) is 0 Å². The maximum Gasteiger partial charge on any atom is 0.255 e. The lowest BCUT2D eigenvalue weighted by Crippen LogP contribution is -2.31. The van der Waals surface area contributed by atoms with E-state index in [9.17, 15) is 13.6 Å². The Bertz CT molecular complexity index is 1340. The van der Waals surface area contributed by atoms with Crippen molar-refractivity contribution in [1.82, 2.24) is 9.55 Å². The van der Waals surface area contributed by atoms with Gasteiger partial charge in [-0.2, -0.15) is 0 Å². The number of benzene rings is 3. The highest BCUT2D eigenvalue weighted by atomic mass is 19.1. The largest absolute Gasteiger partial charge is 0.329 e. The van der Waals surface area contributed by atoms with Crippen molar-refractivity contribution in [3.63, 3.8) is 0 Å². The Balaban J connectivity index is 1.66. The van der Waals surface area contributed by atoms with E-state index in [1.165, 1.54) is 36.4 Å². The van der Waals surface area contributed by atoms with Gasteiger partial charge in [0.1, 0.15) is 11.6 Å². The topological polar surface area (TPSA) is 59.0 Å². The maximum absolute atomic E-state index is 14.2. The SMILES string of the molecule is CC1=C(C(=O)Nc2ccc(F)cc2)C(c2cccc(F)c2)n2c(nc3ccccc32)N1. The number of nitrogens with one attached hydrogen (secondary N) is 2. The molecule has 0 saturated carbocycles. The standard InChI is InChI=1S/C24H18F2N4O/c1-14-21(23(31)28-18-11-9-16(25)10-12-18)22(15-5-4-6-17(26)13-15)30-20-8-3-2-7-19(20)29-24(30)27-14/h2-13,22H,1H3,(H,27,29)(H,28,31). The molecule has 0 radical (unpaired) electrons. The Hall–Kier alpha value is -4.00. The van der Waals surface area contributed by atoms with E-state index in [1.807, 2.05) is 28.8 Å². The monoisotopic (exact) mass is 416 g/mol. The highest BCUT2D eigenvalue weighted by molar-refractivity contribution is 6.06. The summed E-state index contributed by atoms with van der Waals surface area (Å²) in [6, 6.07) is 18.7. The fourth-order valence-corrected chi connectivity index (χ4v) is 3.98. The Morgan fingerprint density at radius 2 is 1.77 bits per heavy atom. The first-order valence-corrected chi connectivity index (χ1v) is 9.78. The van der Waals surface area contributed by atoms with E-state index in [0.717, 1.165) is 11.0 Å². The van der Waals surface area contributed by atoms with Crippen LogP contribution in [0.25, 0.3) is 11.0 Å². The number of aromatic nitrogens is 2. The van der Waals surface area contributed by atoms with Gasteiger partial charge in [-0.05, 0) is 61.0 Å². The molecule has 154 valence electrons. The predicted octanol–water partition coefficient (Wildman–Crippen LogP) is 5.24. The molecule has 2 heterocycles. The highest BCUT2D eigenvalue weighted by Gasteiger charge is 2.34. The molecule has 0 fully saturated rings. The molecule has 1 aromatic heterocycles. The number of carbonyl (C=O) groups is 1. The zero-order valence-electron chi connectivity index (χ0n) is 16.6. The first-order valence-electron chi connectivity index (χ1n) is 9.78. The normalized spacial score (nSPS) is 15.5. The number of para-hydroxylation sites is 2. The summed E-state index contributed by atoms with van der Waals surface area (Å²) in [5.74, 6) is -0.571. The summed E-state index contributed by atoms with van der Waals surface area (Å²) in [6.45, 7) is 1.79. The van der Waals surface area contributed by atoms with Crippen LogP contribution in [-0.4, -0.2) is 15.5 Å². The van der Waals surface area contributed by atoms with Crippen molar-refractivity contribution >= 4 is 28.6 Å². The minimum atomic E-state index is -0.597. The molecule has 7 heteroatoms. The number of rotatable bonds is 3. The van der Waals surface area contributed by atoms with Gasteiger partial charge < -0.3 is 10.6 Å². The molecule has 1 aliphatic rings. The molecule has 2 N–H and O–H groups in total. The van der Waals surface area contributed by atoms with Gasteiger partial charge in [-0.15, -0.1) is 0 Å².